The topological polar surface area (TPSA) is 27.1 Å². The predicted octanol–water partition coefficient (Wildman–Crippen LogP) is 1.15. The van der Waals surface area contributed by atoms with Gasteiger partial charge in [-0.25, -0.2) is 0 Å². The summed E-state index contributed by atoms with van der Waals surface area (Å²) in [5, 5.41) is 4.18. The van der Waals surface area contributed by atoms with Crippen LogP contribution >= 0.6 is 11.6 Å². The Morgan fingerprint density at radius 1 is 1.73 bits per heavy atom. The van der Waals surface area contributed by atoms with Gasteiger partial charge in [0.25, 0.3) is 0 Å². The first-order chi connectivity index (χ1) is 5.42. The van der Waals surface area contributed by atoms with Crippen LogP contribution in [0.4, 0.5) is 0 Å². The molecule has 0 saturated carbocycles. The van der Waals surface area contributed by atoms with Crippen molar-refractivity contribution in [3.05, 3.63) is 17.5 Å². The summed E-state index contributed by atoms with van der Waals surface area (Å²) in [5.74, 6) is 0.526. The van der Waals surface area contributed by atoms with Crippen molar-refractivity contribution >= 4 is 11.6 Å². The van der Waals surface area contributed by atoms with Gasteiger partial charge in [0.15, 0.2) is 0 Å². The molecule has 1 aliphatic heterocycles. The van der Waals surface area contributed by atoms with Crippen LogP contribution in [0, 0.1) is 0 Å². The summed E-state index contributed by atoms with van der Waals surface area (Å²) < 4.78 is 7.24. The zero-order valence-electron chi connectivity index (χ0n) is 6.09. The molecule has 3 nitrogen and oxygen atoms in total. The molecule has 0 amide bonds. The minimum atomic E-state index is 0.526. The van der Waals surface area contributed by atoms with Crippen molar-refractivity contribution < 1.29 is 4.74 Å². The van der Waals surface area contributed by atoms with E-state index in [0.717, 1.165) is 24.4 Å². The minimum absolute atomic E-state index is 0.526. The summed E-state index contributed by atoms with van der Waals surface area (Å²) in [6.45, 7) is 2.27. The second-order valence-corrected chi connectivity index (χ2v) is 2.79. The molecule has 1 aliphatic rings. The Labute approximate surface area is 69.9 Å². The summed E-state index contributed by atoms with van der Waals surface area (Å²) in [6.07, 6.45) is 1.82. The molecule has 0 bridgehead atoms. The fourth-order valence-electron chi connectivity index (χ4n) is 1.24. The number of aromatic nitrogens is 2. The van der Waals surface area contributed by atoms with E-state index in [1.165, 1.54) is 0 Å². The molecule has 0 N–H and O–H groups in total. The number of fused-ring (bicyclic) bond motifs is 1. The Hall–Kier alpha value is -0.540. The number of hydrogen-bond donors (Lipinski definition) is 0. The van der Waals surface area contributed by atoms with Crippen molar-refractivity contribution in [1.82, 2.24) is 9.78 Å². The van der Waals surface area contributed by atoms with Gasteiger partial charge in [-0.3, -0.25) is 4.68 Å². The summed E-state index contributed by atoms with van der Waals surface area (Å²) in [7, 11) is 0. The first-order valence-electron chi connectivity index (χ1n) is 3.59. The highest BCUT2D eigenvalue weighted by molar-refractivity contribution is 6.17. The van der Waals surface area contributed by atoms with Crippen molar-refractivity contribution in [1.29, 1.82) is 0 Å². The summed E-state index contributed by atoms with van der Waals surface area (Å²) >= 11 is 5.70. The summed E-state index contributed by atoms with van der Waals surface area (Å²) in [4.78, 5) is 0. The van der Waals surface area contributed by atoms with Crippen molar-refractivity contribution in [2.45, 2.75) is 19.0 Å². The van der Waals surface area contributed by atoms with E-state index in [-0.39, 0.29) is 0 Å². The second kappa shape index (κ2) is 2.83. The van der Waals surface area contributed by atoms with Crippen LogP contribution in [0.5, 0.6) is 0 Å². The SMILES string of the molecule is ClCc1cnn2c1COCC2. The van der Waals surface area contributed by atoms with Gasteiger partial charge in [-0.15, -0.1) is 11.6 Å². The average molecular weight is 173 g/mol. The first-order valence-corrected chi connectivity index (χ1v) is 4.12. The molecule has 1 aromatic rings. The van der Waals surface area contributed by atoms with Crippen molar-refractivity contribution in [2.75, 3.05) is 6.61 Å². The molecule has 0 aliphatic carbocycles. The Balaban J connectivity index is 2.38. The van der Waals surface area contributed by atoms with Crippen molar-refractivity contribution in [2.24, 2.45) is 0 Å². The molecule has 60 valence electrons. The van der Waals surface area contributed by atoms with Crippen LogP contribution in [-0.4, -0.2) is 16.4 Å². The first kappa shape index (κ1) is 7.13. The monoisotopic (exact) mass is 172 g/mol. The molecule has 0 fully saturated rings. The normalized spacial score (nSPS) is 16.5. The predicted molar refractivity (Wildman–Crippen MR) is 41.4 cm³/mol. The van der Waals surface area contributed by atoms with Gasteiger partial charge in [0.2, 0.25) is 0 Å². The number of hydrogen-bond acceptors (Lipinski definition) is 2. The van der Waals surface area contributed by atoms with Crippen LogP contribution in [0.25, 0.3) is 0 Å². The van der Waals surface area contributed by atoms with E-state index in [4.69, 9.17) is 16.3 Å². The number of rotatable bonds is 1. The Morgan fingerprint density at radius 2 is 2.64 bits per heavy atom. The lowest BCUT2D eigenvalue weighted by atomic mass is 10.3. The molecule has 0 aromatic carbocycles. The summed E-state index contributed by atoms with van der Waals surface area (Å²) in [5.41, 5.74) is 2.22. The maximum absolute atomic E-state index is 5.70. The van der Waals surface area contributed by atoms with Gasteiger partial charge < -0.3 is 4.74 Å². The summed E-state index contributed by atoms with van der Waals surface area (Å²) in [6, 6.07) is 0. The standard InChI is InChI=1S/C7H9ClN2O/c8-3-6-4-9-10-1-2-11-5-7(6)10/h4H,1-3,5H2. The third kappa shape index (κ3) is 1.14. The van der Waals surface area contributed by atoms with E-state index in [1.54, 1.807) is 0 Å². The van der Waals surface area contributed by atoms with Crippen LogP contribution in [0.3, 0.4) is 0 Å². The molecule has 0 saturated heterocycles. The molecule has 11 heavy (non-hydrogen) atoms. The van der Waals surface area contributed by atoms with Crippen molar-refractivity contribution in [3.63, 3.8) is 0 Å². The van der Waals surface area contributed by atoms with Gasteiger partial charge in [-0.1, -0.05) is 0 Å². The lowest BCUT2D eigenvalue weighted by Crippen LogP contribution is -2.17. The number of halogens is 1. The van der Waals surface area contributed by atoms with Gasteiger partial charge >= 0.3 is 0 Å². The molecule has 0 unspecified atom stereocenters. The number of ether oxygens (including phenoxy) is 1. The quantitative estimate of drug-likeness (QED) is 0.595. The van der Waals surface area contributed by atoms with Crippen LogP contribution < -0.4 is 0 Å². The van der Waals surface area contributed by atoms with E-state index < -0.39 is 0 Å². The minimum Gasteiger partial charge on any atom is -0.373 e. The molecule has 0 radical (unpaired) electrons. The molecule has 2 rings (SSSR count). The highest BCUT2D eigenvalue weighted by Crippen LogP contribution is 2.15. The Morgan fingerprint density at radius 3 is 3.45 bits per heavy atom. The average Bonchev–Trinajstić information content (AvgIpc) is 2.47. The maximum Gasteiger partial charge on any atom is 0.0888 e. The van der Waals surface area contributed by atoms with Gasteiger partial charge in [0.05, 0.1) is 37.5 Å². The van der Waals surface area contributed by atoms with E-state index in [9.17, 15) is 0 Å². The Bertz CT molecular complexity index is 245. The van der Waals surface area contributed by atoms with Gasteiger partial charge in [0.1, 0.15) is 0 Å². The van der Waals surface area contributed by atoms with Crippen molar-refractivity contribution in [3.8, 4) is 0 Å². The van der Waals surface area contributed by atoms with Gasteiger partial charge in [-0.05, 0) is 0 Å². The molecule has 4 heteroatoms. The number of nitrogens with zero attached hydrogens (tertiary/aromatic N) is 2. The second-order valence-electron chi connectivity index (χ2n) is 2.53. The fourth-order valence-corrected chi connectivity index (χ4v) is 1.46. The molecule has 2 heterocycles. The van der Waals surface area contributed by atoms with E-state index in [0.29, 0.717) is 12.5 Å². The van der Waals surface area contributed by atoms with E-state index in [2.05, 4.69) is 5.10 Å². The highest BCUT2D eigenvalue weighted by atomic mass is 35.5. The molecular formula is C7H9ClN2O. The van der Waals surface area contributed by atoms with Crippen LogP contribution in [0.2, 0.25) is 0 Å². The van der Waals surface area contributed by atoms with Crippen LogP contribution in [-0.2, 0) is 23.8 Å². The van der Waals surface area contributed by atoms with Gasteiger partial charge in [0, 0.05) is 5.56 Å². The zero-order valence-corrected chi connectivity index (χ0v) is 6.84. The fraction of sp³-hybridized carbons (Fsp3) is 0.571. The highest BCUT2D eigenvalue weighted by Gasteiger charge is 2.13. The lowest BCUT2D eigenvalue weighted by molar-refractivity contribution is 0.0795. The largest absolute Gasteiger partial charge is 0.373 e. The zero-order chi connectivity index (χ0) is 7.68. The third-order valence-electron chi connectivity index (χ3n) is 1.87. The van der Waals surface area contributed by atoms with Crippen LogP contribution in [0.1, 0.15) is 11.3 Å². The van der Waals surface area contributed by atoms with E-state index >= 15 is 0 Å². The van der Waals surface area contributed by atoms with Crippen LogP contribution in [0.15, 0.2) is 6.20 Å². The molecule has 0 spiro atoms. The molecule has 0 atom stereocenters. The maximum atomic E-state index is 5.70. The van der Waals surface area contributed by atoms with Gasteiger partial charge in [-0.2, -0.15) is 5.10 Å². The Kier molecular flexibility index (Phi) is 1.84. The smallest absolute Gasteiger partial charge is 0.0888 e. The number of alkyl halides is 1. The molecular weight excluding hydrogens is 164 g/mol. The molecule has 1 aromatic heterocycles. The van der Waals surface area contributed by atoms with E-state index in [1.807, 2.05) is 10.9 Å². The lowest BCUT2D eigenvalue weighted by Gasteiger charge is -2.14. The third-order valence-corrected chi connectivity index (χ3v) is 2.15.